The van der Waals surface area contributed by atoms with Gasteiger partial charge in [-0.25, -0.2) is 0 Å². The molecule has 0 amide bonds. The van der Waals surface area contributed by atoms with Gasteiger partial charge in [-0.05, 0) is 30.5 Å². The predicted molar refractivity (Wildman–Crippen MR) is 83.3 cm³/mol. The van der Waals surface area contributed by atoms with Crippen LogP contribution in [0.4, 0.5) is 0 Å². The highest BCUT2D eigenvalue weighted by molar-refractivity contribution is 5.68. The number of aryl methyl sites for hydroxylation is 2. The van der Waals surface area contributed by atoms with Crippen LogP contribution in [0.3, 0.4) is 0 Å². The second-order valence-electron chi connectivity index (χ2n) is 5.57. The van der Waals surface area contributed by atoms with Crippen molar-refractivity contribution >= 4 is 0 Å². The summed E-state index contributed by atoms with van der Waals surface area (Å²) in [6, 6.07) is 15.9. The number of benzene rings is 2. The van der Waals surface area contributed by atoms with Crippen molar-refractivity contribution in [3.05, 3.63) is 59.2 Å². The Bertz CT molecular complexity index is 555. The van der Waals surface area contributed by atoms with E-state index < -0.39 is 0 Å². The van der Waals surface area contributed by atoms with Crippen LogP contribution in [-0.4, -0.2) is 6.04 Å². The van der Waals surface area contributed by atoms with Crippen LogP contribution in [0.2, 0.25) is 0 Å². The maximum Gasteiger partial charge on any atom is 0.0214 e. The molecule has 0 saturated heterocycles. The van der Waals surface area contributed by atoms with E-state index in [2.05, 4.69) is 75.5 Å². The average molecular weight is 253 g/mol. The summed E-state index contributed by atoms with van der Waals surface area (Å²) in [7, 11) is 0. The summed E-state index contributed by atoms with van der Waals surface area (Å²) in [5.41, 5.74) is 6.64. The highest BCUT2D eigenvalue weighted by Crippen LogP contribution is 2.26. The SMILES string of the molecule is Cc1cccc(-c2cc(C)ccc2CNC(C)C)c1. The minimum atomic E-state index is 0.506. The Kier molecular flexibility index (Phi) is 4.39. The van der Waals surface area contributed by atoms with E-state index >= 15 is 0 Å². The molecule has 0 bridgehead atoms. The lowest BCUT2D eigenvalue weighted by Gasteiger charge is -2.14. The summed E-state index contributed by atoms with van der Waals surface area (Å²) >= 11 is 0. The number of hydrogen-bond donors (Lipinski definition) is 1. The first-order valence-electron chi connectivity index (χ1n) is 6.96. The number of rotatable bonds is 4. The average Bonchev–Trinajstić information content (AvgIpc) is 2.37. The molecule has 0 unspecified atom stereocenters. The van der Waals surface area contributed by atoms with Crippen molar-refractivity contribution in [3.8, 4) is 11.1 Å². The van der Waals surface area contributed by atoms with Gasteiger partial charge in [0.05, 0.1) is 0 Å². The third kappa shape index (κ3) is 3.68. The minimum absolute atomic E-state index is 0.506. The molecule has 0 aliphatic heterocycles. The summed E-state index contributed by atoms with van der Waals surface area (Å²) in [5, 5.41) is 3.51. The summed E-state index contributed by atoms with van der Waals surface area (Å²) in [4.78, 5) is 0. The topological polar surface area (TPSA) is 12.0 Å². The fourth-order valence-corrected chi connectivity index (χ4v) is 2.24. The molecule has 0 spiro atoms. The van der Waals surface area contributed by atoms with Gasteiger partial charge in [-0.3, -0.25) is 0 Å². The van der Waals surface area contributed by atoms with Crippen LogP contribution < -0.4 is 5.32 Å². The Hall–Kier alpha value is -1.60. The van der Waals surface area contributed by atoms with Gasteiger partial charge in [-0.15, -0.1) is 0 Å². The van der Waals surface area contributed by atoms with Gasteiger partial charge in [0, 0.05) is 12.6 Å². The van der Waals surface area contributed by atoms with Crippen molar-refractivity contribution < 1.29 is 0 Å². The zero-order valence-electron chi connectivity index (χ0n) is 12.3. The summed E-state index contributed by atoms with van der Waals surface area (Å²) in [6.07, 6.45) is 0. The third-order valence-electron chi connectivity index (χ3n) is 3.30. The summed E-state index contributed by atoms with van der Waals surface area (Å²) < 4.78 is 0. The van der Waals surface area contributed by atoms with Gasteiger partial charge in [-0.2, -0.15) is 0 Å². The predicted octanol–water partition coefficient (Wildman–Crippen LogP) is 4.47. The van der Waals surface area contributed by atoms with Crippen molar-refractivity contribution in [2.45, 2.75) is 40.3 Å². The first-order chi connectivity index (χ1) is 9.06. The molecule has 19 heavy (non-hydrogen) atoms. The molecule has 1 nitrogen and oxygen atoms in total. The first-order valence-corrected chi connectivity index (χ1v) is 6.96. The standard InChI is InChI=1S/C18H23N/c1-13(2)19-12-17-9-8-15(4)11-18(17)16-7-5-6-14(3)10-16/h5-11,13,19H,12H2,1-4H3. The molecular formula is C18H23N. The molecule has 1 N–H and O–H groups in total. The fourth-order valence-electron chi connectivity index (χ4n) is 2.24. The number of nitrogens with one attached hydrogen (secondary N) is 1. The van der Waals surface area contributed by atoms with Crippen LogP contribution in [0.15, 0.2) is 42.5 Å². The lowest BCUT2D eigenvalue weighted by Crippen LogP contribution is -2.22. The molecule has 0 atom stereocenters. The molecule has 0 heterocycles. The highest BCUT2D eigenvalue weighted by Gasteiger charge is 2.06. The molecule has 0 aliphatic carbocycles. The quantitative estimate of drug-likeness (QED) is 0.847. The zero-order chi connectivity index (χ0) is 13.8. The Morgan fingerprint density at radius 2 is 1.68 bits per heavy atom. The lowest BCUT2D eigenvalue weighted by atomic mass is 9.96. The van der Waals surface area contributed by atoms with E-state index in [1.807, 2.05) is 0 Å². The van der Waals surface area contributed by atoms with Crippen molar-refractivity contribution in [2.24, 2.45) is 0 Å². The molecule has 2 aromatic carbocycles. The van der Waals surface area contributed by atoms with Crippen LogP contribution in [0.5, 0.6) is 0 Å². The van der Waals surface area contributed by atoms with Gasteiger partial charge in [0.1, 0.15) is 0 Å². The van der Waals surface area contributed by atoms with Crippen LogP contribution in [0.25, 0.3) is 11.1 Å². The summed E-state index contributed by atoms with van der Waals surface area (Å²) in [6.45, 7) is 9.58. The first kappa shape index (κ1) is 13.8. The molecule has 0 aliphatic rings. The van der Waals surface area contributed by atoms with E-state index in [1.54, 1.807) is 0 Å². The summed E-state index contributed by atoms with van der Waals surface area (Å²) in [5.74, 6) is 0. The zero-order valence-corrected chi connectivity index (χ0v) is 12.3. The molecule has 0 aromatic heterocycles. The van der Waals surface area contributed by atoms with Crippen LogP contribution in [-0.2, 0) is 6.54 Å². The maximum atomic E-state index is 3.51. The van der Waals surface area contributed by atoms with Gasteiger partial charge in [0.2, 0.25) is 0 Å². The third-order valence-corrected chi connectivity index (χ3v) is 3.30. The largest absolute Gasteiger partial charge is 0.310 e. The molecule has 100 valence electrons. The van der Waals surface area contributed by atoms with E-state index in [1.165, 1.54) is 27.8 Å². The van der Waals surface area contributed by atoms with Crippen molar-refractivity contribution in [3.63, 3.8) is 0 Å². The fraction of sp³-hybridized carbons (Fsp3) is 0.333. The highest BCUT2D eigenvalue weighted by atomic mass is 14.9. The number of hydrogen-bond acceptors (Lipinski definition) is 1. The van der Waals surface area contributed by atoms with E-state index in [-0.39, 0.29) is 0 Å². The van der Waals surface area contributed by atoms with Crippen LogP contribution in [0.1, 0.15) is 30.5 Å². The Labute approximate surface area is 116 Å². The second kappa shape index (κ2) is 6.03. The van der Waals surface area contributed by atoms with E-state index in [0.29, 0.717) is 6.04 Å². The van der Waals surface area contributed by atoms with Crippen molar-refractivity contribution in [1.29, 1.82) is 0 Å². The molecule has 2 aromatic rings. The van der Waals surface area contributed by atoms with Gasteiger partial charge >= 0.3 is 0 Å². The van der Waals surface area contributed by atoms with Crippen LogP contribution >= 0.6 is 0 Å². The second-order valence-corrected chi connectivity index (χ2v) is 5.57. The van der Waals surface area contributed by atoms with E-state index in [4.69, 9.17) is 0 Å². The lowest BCUT2D eigenvalue weighted by molar-refractivity contribution is 0.589. The van der Waals surface area contributed by atoms with E-state index in [9.17, 15) is 0 Å². The molecule has 1 heteroatoms. The maximum absolute atomic E-state index is 3.51. The Morgan fingerprint density at radius 3 is 2.37 bits per heavy atom. The monoisotopic (exact) mass is 253 g/mol. The van der Waals surface area contributed by atoms with E-state index in [0.717, 1.165) is 6.54 Å². The van der Waals surface area contributed by atoms with Gasteiger partial charge in [0.15, 0.2) is 0 Å². The molecule has 2 rings (SSSR count). The van der Waals surface area contributed by atoms with Crippen LogP contribution in [0, 0.1) is 13.8 Å². The Balaban J connectivity index is 2.39. The Morgan fingerprint density at radius 1 is 0.947 bits per heavy atom. The molecule has 0 saturated carbocycles. The minimum Gasteiger partial charge on any atom is -0.310 e. The molecule has 0 fully saturated rings. The smallest absolute Gasteiger partial charge is 0.0214 e. The normalized spacial score (nSPS) is 11.0. The van der Waals surface area contributed by atoms with Gasteiger partial charge < -0.3 is 5.32 Å². The van der Waals surface area contributed by atoms with Gasteiger partial charge in [-0.1, -0.05) is 67.4 Å². The molecular weight excluding hydrogens is 230 g/mol. The van der Waals surface area contributed by atoms with Gasteiger partial charge in [0.25, 0.3) is 0 Å². The van der Waals surface area contributed by atoms with Crippen molar-refractivity contribution in [2.75, 3.05) is 0 Å². The molecule has 0 radical (unpaired) electrons. The van der Waals surface area contributed by atoms with Crippen molar-refractivity contribution in [1.82, 2.24) is 5.32 Å².